The predicted octanol–water partition coefficient (Wildman–Crippen LogP) is 2.25. The van der Waals surface area contributed by atoms with Crippen molar-refractivity contribution in [3.63, 3.8) is 0 Å². The Kier molecular flexibility index (Phi) is 6.51. The van der Waals surface area contributed by atoms with Crippen molar-refractivity contribution in [2.45, 2.75) is 24.9 Å². The van der Waals surface area contributed by atoms with E-state index in [-0.39, 0.29) is 0 Å². The van der Waals surface area contributed by atoms with E-state index in [0.717, 1.165) is 17.0 Å². The number of thioether (sulfide) groups is 1. The molecular formula is C12H13F3N4O3S. The molecule has 0 unspecified atom stereocenters. The number of aryl methyl sites for hydroxylation is 1. The van der Waals surface area contributed by atoms with Crippen LogP contribution in [0.25, 0.3) is 11.5 Å². The Labute approximate surface area is 133 Å². The quantitative estimate of drug-likeness (QED) is 0.810. The predicted molar refractivity (Wildman–Crippen MR) is 75.6 cm³/mol. The number of alkyl halides is 3. The van der Waals surface area contributed by atoms with Gasteiger partial charge in [0.15, 0.2) is 0 Å². The fourth-order valence-corrected chi connectivity index (χ4v) is 1.64. The van der Waals surface area contributed by atoms with Crippen molar-refractivity contribution in [2.75, 3.05) is 6.26 Å². The number of rotatable bonds is 3. The summed E-state index contributed by atoms with van der Waals surface area (Å²) >= 11 is 1.42. The Hall–Kier alpha value is -2.14. The highest BCUT2D eigenvalue weighted by molar-refractivity contribution is 7.98. The molecule has 0 aromatic carbocycles. The Morgan fingerprint density at radius 2 is 2.00 bits per heavy atom. The summed E-state index contributed by atoms with van der Waals surface area (Å²) in [7, 11) is 0. The third-order valence-corrected chi connectivity index (χ3v) is 2.92. The molecule has 2 heterocycles. The molecule has 0 fully saturated rings. The fraction of sp³-hybridized carbons (Fsp3) is 0.333. The number of halogens is 3. The minimum atomic E-state index is -5.08. The number of hydrogen-bond acceptors (Lipinski definition) is 7. The number of nitrogens with zero attached hydrogens (tertiary/aromatic N) is 3. The maximum absolute atomic E-state index is 10.6. The molecule has 2 rings (SSSR count). The molecule has 3 N–H and O–H groups in total. The molecular weight excluding hydrogens is 337 g/mol. The van der Waals surface area contributed by atoms with Gasteiger partial charge in [0.2, 0.25) is 0 Å². The lowest BCUT2D eigenvalue weighted by Crippen LogP contribution is -2.21. The lowest BCUT2D eigenvalue weighted by atomic mass is 10.2. The Balaban J connectivity index is 0.000000322. The molecule has 126 valence electrons. The molecule has 0 aliphatic heterocycles. The van der Waals surface area contributed by atoms with Crippen LogP contribution in [0.3, 0.4) is 0 Å². The van der Waals surface area contributed by atoms with Gasteiger partial charge >= 0.3 is 12.1 Å². The molecule has 2 aromatic rings. The van der Waals surface area contributed by atoms with Crippen LogP contribution in [0.15, 0.2) is 21.8 Å². The van der Waals surface area contributed by atoms with Crippen molar-refractivity contribution < 1.29 is 27.5 Å². The lowest BCUT2D eigenvalue weighted by molar-refractivity contribution is -0.192. The van der Waals surface area contributed by atoms with Crippen LogP contribution in [0.4, 0.5) is 13.2 Å². The van der Waals surface area contributed by atoms with Crippen molar-refractivity contribution in [1.29, 1.82) is 0 Å². The minimum Gasteiger partial charge on any atom is -0.475 e. The zero-order valence-electron chi connectivity index (χ0n) is 12.1. The molecule has 0 amide bonds. The first-order chi connectivity index (χ1) is 10.7. The second kappa shape index (κ2) is 7.92. The lowest BCUT2D eigenvalue weighted by Gasteiger charge is -2.02. The average Bonchev–Trinajstić information content (AvgIpc) is 2.95. The standard InChI is InChI=1S/C10H12N4OS.C2HF3O2/c1-6-8(4-3-7(5-11)12-6)9-13-14-10(15-9)16-2;3-2(4,5)1(6)7/h3-4H,5,11H2,1-2H3;(H,6,7). The second-order valence-corrected chi connectivity index (χ2v) is 4.78. The van der Waals surface area contributed by atoms with Crippen molar-refractivity contribution in [3.8, 4) is 11.5 Å². The normalized spacial score (nSPS) is 10.9. The van der Waals surface area contributed by atoms with E-state index >= 15 is 0 Å². The molecule has 0 radical (unpaired) electrons. The molecule has 0 aliphatic carbocycles. The number of pyridine rings is 1. The Morgan fingerprint density at radius 3 is 2.39 bits per heavy atom. The largest absolute Gasteiger partial charge is 0.490 e. The first-order valence-corrected chi connectivity index (χ1v) is 7.26. The van der Waals surface area contributed by atoms with Gasteiger partial charge in [-0.1, -0.05) is 11.8 Å². The van der Waals surface area contributed by atoms with E-state index in [9.17, 15) is 13.2 Å². The highest BCUT2D eigenvalue weighted by Crippen LogP contribution is 2.23. The maximum atomic E-state index is 10.6. The summed E-state index contributed by atoms with van der Waals surface area (Å²) in [5.74, 6) is -2.26. The van der Waals surface area contributed by atoms with Gasteiger partial charge in [-0.3, -0.25) is 4.98 Å². The highest BCUT2D eigenvalue weighted by atomic mass is 32.2. The summed E-state index contributed by atoms with van der Waals surface area (Å²) in [4.78, 5) is 13.2. The Morgan fingerprint density at radius 1 is 1.39 bits per heavy atom. The maximum Gasteiger partial charge on any atom is 0.490 e. The van der Waals surface area contributed by atoms with E-state index < -0.39 is 12.1 Å². The summed E-state index contributed by atoms with van der Waals surface area (Å²) in [5, 5.41) is 15.5. The SMILES string of the molecule is CSc1nnc(-c2ccc(CN)nc2C)o1.O=C(O)C(F)(F)F. The van der Waals surface area contributed by atoms with Crippen LogP contribution in [0, 0.1) is 6.92 Å². The molecule has 0 bridgehead atoms. The topological polar surface area (TPSA) is 115 Å². The third-order valence-electron chi connectivity index (χ3n) is 2.41. The molecule has 23 heavy (non-hydrogen) atoms. The summed E-state index contributed by atoms with van der Waals surface area (Å²) < 4.78 is 37.2. The van der Waals surface area contributed by atoms with Crippen molar-refractivity contribution in [2.24, 2.45) is 5.73 Å². The number of carboxylic acids is 1. The van der Waals surface area contributed by atoms with E-state index in [4.69, 9.17) is 20.1 Å². The van der Waals surface area contributed by atoms with Gasteiger partial charge in [0, 0.05) is 6.54 Å². The molecule has 0 atom stereocenters. The van der Waals surface area contributed by atoms with Crippen molar-refractivity contribution >= 4 is 17.7 Å². The van der Waals surface area contributed by atoms with Crippen LogP contribution in [-0.2, 0) is 11.3 Å². The van der Waals surface area contributed by atoms with E-state index in [0.29, 0.717) is 17.7 Å². The summed E-state index contributed by atoms with van der Waals surface area (Å²) in [6, 6.07) is 3.77. The average molecular weight is 350 g/mol. The number of hydrogen-bond donors (Lipinski definition) is 2. The molecule has 0 saturated carbocycles. The van der Waals surface area contributed by atoms with E-state index in [1.807, 2.05) is 25.3 Å². The van der Waals surface area contributed by atoms with Gasteiger partial charge in [-0.05, 0) is 25.3 Å². The van der Waals surface area contributed by atoms with Gasteiger partial charge in [-0.25, -0.2) is 4.79 Å². The Bertz CT molecular complexity index is 676. The second-order valence-electron chi connectivity index (χ2n) is 4.02. The highest BCUT2D eigenvalue weighted by Gasteiger charge is 2.38. The molecule has 0 saturated heterocycles. The van der Waals surface area contributed by atoms with E-state index in [1.54, 1.807) is 0 Å². The first-order valence-electron chi connectivity index (χ1n) is 6.03. The molecule has 0 spiro atoms. The van der Waals surface area contributed by atoms with E-state index in [1.165, 1.54) is 11.8 Å². The first kappa shape index (κ1) is 18.9. The number of aromatic nitrogens is 3. The fourth-order valence-electron chi connectivity index (χ4n) is 1.35. The van der Waals surface area contributed by atoms with Gasteiger partial charge in [0.05, 0.1) is 17.0 Å². The number of carboxylic acid groups (broad SMARTS) is 1. The summed E-state index contributed by atoms with van der Waals surface area (Å²) in [5.41, 5.74) is 8.07. The van der Waals surface area contributed by atoms with Crippen molar-refractivity contribution in [1.82, 2.24) is 15.2 Å². The number of aliphatic carboxylic acids is 1. The van der Waals surface area contributed by atoms with Crippen molar-refractivity contribution in [3.05, 3.63) is 23.5 Å². The van der Waals surface area contributed by atoms with Gasteiger partial charge in [0.25, 0.3) is 11.1 Å². The zero-order chi connectivity index (χ0) is 17.6. The van der Waals surface area contributed by atoms with Gasteiger partial charge < -0.3 is 15.3 Å². The summed E-state index contributed by atoms with van der Waals surface area (Å²) in [6.07, 6.45) is -3.19. The third kappa shape index (κ3) is 5.53. The van der Waals surface area contributed by atoms with Crippen LogP contribution < -0.4 is 5.73 Å². The van der Waals surface area contributed by atoms with Gasteiger partial charge in [-0.15, -0.1) is 10.2 Å². The van der Waals surface area contributed by atoms with E-state index in [2.05, 4.69) is 15.2 Å². The van der Waals surface area contributed by atoms with Crippen LogP contribution >= 0.6 is 11.8 Å². The zero-order valence-corrected chi connectivity index (χ0v) is 12.9. The van der Waals surface area contributed by atoms with Crippen LogP contribution in [-0.4, -0.2) is 38.7 Å². The number of carbonyl (C=O) groups is 1. The molecule has 2 aromatic heterocycles. The van der Waals surface area contributed by atoms with Crippen LogP contribution in [0.2, 0.25) is 0 Å². The molecule has 11 heteroatoms. The van der Waals surface area contributed by atoms with Crippen LogP contribution in [0.5, 0.6) is 0 Å². The van der Waals surface area contributed by atoms with Crippen LogP contribution in [0.1, 0.15) is 11.4 Å². The monoisotopic (exact) mass is 350 g/mol. The summed E-state index contributed by atoms with van der Waals surface area (Å²) in [6.45, 7) is 2.33. The molecule has 0 aliphatic rings. The smallest absolute Gasteiger partial charge is 0.475 e. The van der Waals surface area contributed by atoms with Gasteiger partial charge in [0.1, 0.15) is 0 Å². The van der Waals surface area contributed by atoms with Gasteiger partial charge in [-0.2, -0.15) is 13.2 Å². The molecule has 7 nitrogen and oxygen atoms in total. The minimum absolute atomic E-state index is 0.432. The number of nitrogens with two attached hydrogens (primary N) is 1.